The molecule has 0 aromatic carbocycles. The van der Waals surface area contributed by atoms with E-state index in [0.717, 1.165) is 12.8 Å². The van der Waals surface area contributed by atoms with Gasteiger partial charge >= 0.3 is 12.6 Å². The summed E-state index contributed by atoms with van der Waals surface area (Å²) in [4.78, 5) is 15.2. The molecule has 0 spiro atoms. The van der Waals surface area contributed by atoms with Crippen LogP contribution in [-0.4, -0.2) is 29.8 Å². The molecule has 0 aliphatic heterocycles. The van der Waals surface area contributed by atoms with Gasteiger partial charge in [0, 0.05) is 18.8 Å². The predicted molar refractivity (Wildman–Crippen MR) is 73.4 cm³/mol. The Kier molecular flexibility index (Phi) is 5.46. The van der Waals surface area contributed by atoms with Crippen LogP contribution in [0, 0.1) is 0 Å². The van der Waals surface area contributed by atoms with Crippen molar-refractivity contribution < 1.29 is 22.7 Å². The van der Waals surface area contributed by atoms with E-state index >= 15 is 0 Å². The molecule has 1 fully saturated rings. The smallest absolute Gasteiger partial charge is 0.388 e. The van der Waals surface area contributed by atoms with Crippen LogP contribution in [-0.2, 0) is 6.54 Å². The van der Waals surface area contributed by atoms with Gasteiger partial charge in [0.2, 0.25) is 5.88 Å². The van der Waals surface area contributed by atoms with Gasteiger partial charge in [0.15, 0.2) is 0 Å². The lowest BCUT2D eigenvalue weighted by Crippen LogP contribution is -2.42. The Balaban J connectivity index is 1.76. The Morgan fingerprint density at radius 2 is 2.09 bits per heavy atom. The maximum absolute atomic E-state index is 14.1. The van der Waals surface area contributed by atoms with E-state index in [1.54, 1.807) is 6.07 Å². The first kappa shape index (κ1) is 16.4. The molecule has 0 unspecified atom stereocenters. The summed E-state index contributed by atoms with van der Waals surface area (Å²) in [7, 11) is 0. The molecule has 5 nitrogen and oxygen atoms in total. The van der Waals surface area contributed by atoms with Crippen LogP contribution in [0.5, 0.6) is 5.88 Å². The van der Waals surface area contributed by atoms with Crippen molar-refractivity contribution in [2.45, 2.75) is 44.5 Å². The molecule has 0 atom stereocenters. The van der Waals surface area contributed by atoms with E-state index in [2.05, 4.69) is 20.4 Å². The molecule has 0 bridgehead atoms. The van der Waals surface area contributed by atoms with Crippen LogP contribution in [0.2, 0.25) is 0 Å². The lowest BCUT2D eigenvalue weighted by atomic mass is 10.1. The van der Waals surface area contributed by atoms with Crippen LogP contribution in [0.25, 0.3) is 0 Å². The summed E-state index contributed by atoms with van der Waals surface area (Å²) in [5, 5.41) is 5.02. The molecule has 2 N–H and O–H groups in total. The van der Waals surface area contributed by atoms with E-state index in [9.17, 15) is 18.0 Å². The number of urea groups is 1. The van der Waals surface area contributed by atoms with Crippen LogP contribution in [0.3, 0.4) is 0 Å². The number of halogens is 3. The number of hydrogen-bond donors (Lipinski definition) is 2. The van der Waals surface area contributed by atoms with Crippen molar-refractivity contribution in [2.75, 3.05) is 6.54 Å². The number of rotatable bonds is 6. The average molecular weight is 317 g/mol. The number of amides is 2. The molecule has 22 heavy (non-hydrogen) atoms. The Labute approximate surface area is 126 Å². The third-order valence-corrected chi connectivity index (χ3v) is 3.53. The molecule has 1 aliphatic rings. The highest BCUT2D eigenvalue weighted by Gasteiger charge is 2.33. The zero-order valence-electron chi connectivity index (χ0n) is 11.9. The molecule has 1 aromatic rings. The fourth-order valence-corrected chi connectivity index (χ4v) is 2.39. The number of ether oxygens (including phenoxy) is 1. The van der Waals surface area contributed by atoms with Crippen molar-refractivity contribution in [3.05, 3.63) is 23.9 Å². The summed E-state index contributed by atoms with van der Waals surface area (Å²) in [5.41, 5.74) is -0.761. The standard InChI is InChI=1S/C14H18F3N3O2/c15-12(16)22-11-7-10(3-6-18-11)8-19-13(21)20-9-14(17)4-1-2-5-14/h3,6-7,12H,1-2,4-5,8-9H2,(H2,19,20,21). The van der Waals surface area contributed by atoms with Gasteiger partial charge in [0.25, 0.3) is 0 Å². The Morgan fingerprint density at radius 3 is 2.77 bits per heavy atom. The summed E-state index contributed by atoms with van der Waals surface area (Å²) < 4.78 is 42.4. The molecule has 0 saturated heterocycles. The number of nitrogens with zero attached hydrogens (tertiary/aromatic N) is 1. The molecule has 8 heteroatoms. The normalized spacial score (nSPS) is 16.5. The number of carbonyl (C=O) groups is 1. The molecule has 0 radical (unpaired) electrons. The topological polar surface area (TPSA) is 63.2 Å². The van der Waals surface area contributed by atoms with Gasteiger partial charge in [-0.1, -0.05) is 12.8 Å². The highest BCUT2D eigenvalue weighted by molar-refractivity contribution is 5.73. The number of nitrogens with one attached hydrogen (secondary N) is 2. The van der Waals surface area contributed by atoms with Crippen LogP contribution >= 0.6 is 0 Å². The van der Waals surface area contributed by atoms with Crippen LogP contribution in [0.15, 0.2) is 18.3 Å². The summed E-state index contributed by atoms with van der Waals surface area (Å²) in [6.07, 6.45) is 3.91. The summed E-state index contributed by atoms with van der Waals surface area (Å²) >= 11 is 0. The minimum absolute atomic E-state index is 0.0189. The van der Waals surface area contributed by atoms with Crippen LogP contribution < -0.4 is 15.4 Å². The minimum atomic E-state index is -2.95. The van der Waals surface area contributed by atoms with Gasteiger partial charge in [-0.05, 0) is 24.5 Å². The first-order chi connectivity index (χ1) is 10.5. The van der Waals surface area contributed by atoms with Crippen LogP contribution in [0.1, 0.15) is 31.2 Å². The van der Waals surface area contributed by atoms with E-state index in [1.165, 1.54) is 12.3 Å². The zero-order valence-corrected chi connectivity index (χ0v) is 11.9. The quantitative estimate of drug-likeness (QED) is 0.848. The van der Waals surface area contributed by atoms with E-state index in [4.69, 9.17) is 0 Å². The second kappa shape index (κ2) is 7.33. The third-order valence-electron chi connectivity index (χ3n) is 3.53. The van der Waals surface area contributed by atoms with Crippen molar-refractivity contribution in [3.63, 3.8) is 0 Å². The molecular formula is C14H18F3N3O2. The molecule has 2 amide bonds. The van der Waals surface area contributed by atoms with Gasteiger partial charge in [0.1, 0.15) is 5.67 Å². The van der Waals surface area contributed by atoms with E-state index in [-0.39, 0.29) is 19.0 Å². The number of carbonyl (C=O) groups excluding carboxylic acids is 1. The second-order valence-electron chi connectivity index (χ2n) is 5.28. The van der Waals surface area contributed by atoms with Gasteiger partial charge < -0.3 is 15.4 Å². The third kappa shape index (κ3) is 5.09. The molecule has 2 rings (SSSR count). The maximum atomic E-state index is 14.1. The molecule has 1 saturated carbocycles. The monoisotopic (exact) mass is 317 g/mol. The van der Waals surface area contributed by atoms with E-state index < -0.39 is 18.3 Å². The summed E-state index contributed by atoms with van der Waals surface area (Å²) in [6, 6.07) is 2.36. The predicted octanol–water partition coefficient (Wildman–Crippen LogP) is 2.76. The van der Waals surface area contributed by atoms with E-state index in [1.807, 2.05) is 0 Å². The Hall–Kier alpha value is -1.99. The van der Waals surface area contributed by atoms with Crippen molar-refractivity contribution in [2.24, 2.45) is 0 Å². The van der Waals surface area contributed by atoms with Gasteiger partial charge in [-0.2, -0.15) is 8.78 Å². The first-order valence-corrected chi connectivity index (χ1v) is 7.07. The van der Waals surface area contributed by atoms with Gasteiger partial charge in [-0.3, -0.25) is 0 Å². The second-order valence-corrected chi connectivity index (χ2v) is 5.28. The van der Waals surface area contributed by atoms with Crippen molar-refractivity contribution in [3.8, 4) is 5.88 Å². The number of aromatic nitrogens is 1. The number of hydrogen-bond acceptors (Lipinski definition) is 3. The van der Waals surface area contributed by atoms with Crippen molar-refractivity contribution in [1.82, 2.24) is 15.6 Å². The van der Waals surface area contributed by atoms with E-state index in [0.29, 0.717) is 18.4 Å². The summed E-state index contributed by atoms with van der Waals surface area (Å²) in [6.45, 7) is -2.87. The number of alkyl halides is 3. The zero-order chi connectivity index (χ0) is 16.0. The highest BCUT2D eigenvalue weighted by Crippen LogP contribution is 2.32. The SMILES string of the molecule is O=C(NCc1ccnc(OC(F)F)c1)NCC1(F)CCCC1. The van der Waals surface area contributed by atoms with Gasteiger partial charge in [-0.15, -0.1) is 0 Å². The average Bonchev–Trinajstić information content (AvgIpc) is 2.90. The Morgan fingerprint density at radius 1 is 1.36 bits per heavy atom. The minimum Gasteiger partial charge on any atom is -0.417 e. The van der Waals surface area contributed by atoms with Crippen molar-refractivity contribution >= 4 is 6.03 Å². The molecule has 1 aliphatic carbocycles. The Bertz CT molecular complexity index is 508. The molecular weight excluding hydrogens is 299 g/mol. The summed E-state index contributed by atoms with van der Waals surface area (Å²) in [5.74, 6) is -0.219. The fraction of sp³-hybridized carbons (Fsp3) is 0.571. The fourth-order valence-electron chi connectivity index (χ4n) is 2.39. The van der Waals surface area contributed by atoms with Gasteiger partial charge in [0.05, 0.1) is 6.54 Å². The van der Waals surface area contributed by atoms with Crippen molar-refractivity contribution in [1.29, 1.82) is 0 Å². The molecule has 1 heterocycles. The maximum Gasteiger partial charge on any atom is 0.388 e. The molecule has 122 valence electrons. The molecule has 1 aromatic heterocycles. The van der Waals surface area contributed by atoms with Crippen LogP contribution in [0.4, 0.5) is 18.0 Å². The largest absolute Gasteiger partial charge is 0.417 e. The number of pyridine rings is 1. The first-order valence-electron chi connectivity index (χ1n) is 7.07. The van der Waals surface area contributed by atoms with Gasteiger partial charge in [-0.25, -0.2) is 14.2 Å². The highest BCUT2D eigenvalue weighted by atomic mass is 19.3. The lowest BCUT2D eigenvalue weighted by molar-refractivity contribution is -0.0529. The lowest BCUT2D eigenvalue weighted by Gasteiger charge is -2.19.